The molecule has 2 amide bonds. The third-order valence-electron chi connectivity index (χ3n) is 2.88. The van der Waals surface area contributed by atoms with Crippen molar-refractivity contribution in [2.24, 2.45) is 0 Å². The van der Waals surface area contributed by atoms with Crippen molar-refractivity contribution >= 4 is 17.7 Å². The molecule has 0 radical (unpaired) electrons. The van der Waals surface area contributed by atoms with Crippen molar-refractivity contribution in [1.29, 1.82) is 0 Å². The van der Waals surface area contributed by atoms with Gasteiger partial charge in [0.05, 0.1) is 12.7 Å². The number of anilines is 1. The van der Waals surface area contributed by atoms with E-state index in [0.717, 1.165) is 5.56 Å². The first-order valence-electron chi connectivity index (χ1n) is 6.51. The average Bonchev–Trinajstić information content (AvgIpc) is 2.43. The third-order valence-corrected chi connectivity index (χ3v) is 2.88. The van der Waals surface area contributed by atoms with E-state index in [1.54, 1.807) is 19.2 Å². The summed E-state index contributed by atoms with van der Waals surface area (Å²) in [5, 5.41) is 23.0. The van der Waals surface area contributed by atoms with Gasteiger partial charge in [-0.3, -0.25) is 0 Å². The van der Waals surface area contributed by atoms with Gasteiger partial charge in [0.1, 0.15) is 0 Å². The van der Waals surface area contributed by atoms with Crippen molar-refractivity contribution < 1.29 is 24.5 Å². The number of amides is 2. The Bertz CT molecular complexity index is 490. The number of aliphatic hydroxyl groups is 1. The summed E-state index contributed by atoms with van der Waals surface area (Å²) in [6.45, 7) is 1.80. The van der Waals surface area contributed by atoms with Gasteiger partial charge in [0, 0.05) is 12.8 Å². The molecule has 7 heteroatoms. The first-order valence-corrected chi connectivity index (χ1v) is 6.51. The van der Waals surface area contributed by atoms with Gasteiger partial charge in [-0.05, 0) is 25.0 Å². The number of rotatable bonds is 7. The van der Waals surface area contributed by atoms with E-state index < -0.39 is 24.1 Å². The van der Waals surface area contributed by atoms with Crippen molar-refractivity contribution in [1.82, 2.24) is 5.32 Å². The van der Waals surface area contributed by atoms with Crippen LogP contribution in [0.4, 0.5) is 10.5 Å². The van der Waals surface area contributed by atoms with Crippen LogP contribution >= 0.6 is 0 Å². The number of carbonyl (C=O) groups excluding carboxylic acids is 1. The first-order chi connectivity index (χ1) is 9.95. The van der Waals surface area contributed by atoms with Crippen LogP contribution in [0.25, 0.3) is 0 Å². The molecule has 0 fully saturated rings. The standard InChI is InChI=1S/C14H20N2O5/c1-9(17)12(13(18)19)16-14(20)15-11-6-4-3-5-10(11)7-8-21-2/h3-6,9,12,17H,7-8H2,1-2H3,(H,18,19)(H2,15,16,20). The van der Waals surface area contributed by atoms with Gasteiger partial charge in [-0.1, -0.05) is 18.2 Å². The Morgan fingerprint density at radius 2 is 2.00 bits per heavy atom. The normalized spacial score (nSPS) is 13.3. The lowest BCUT2D eigenvalue weighted by Gasteiger charge is -2.18. The fourth-order valence-electron chi connectivity index (χ4n) is 1.76. The molecule has 0 aliphatic rings. The topological polar surface area (TPSA) is 108 Å². The molecule has 1 rings (SSSR count). The zero-order valence-corrected chi connectivity index (χ0v) is 12.0. The van der Waals surface area contributed by atoms with Gasteiger partial charge in [0.2, 0.25) is 0 Å². The lowest BCUT2D eigenvalue weighted by atomic mass is 10.1. The summed E-state index contributed by atoms with van der Waals surface area (Å²) in [6, 6.07) is 5.10. The summed E-state index contributed by atoms with van der Waals surface area (Å²) in [5.41, 5.74) is 1.44. The summed E-state index contributed by atoms with van der Waals surface area (Å²) in [4.78, 5) is 22.7. The van der Waals surface area contributed by atoms with Crippen LogP contribution in [0, 0.1) is 0 Å². The van der Waals surface area contributed by atoms with Crippen LogP contribution in [0.3, 0.4) is 0 Å². The molecule has 1 aromatic rings. The number of hydrogen-bond acceptors (Lipinski definition) is 4. The number of carboxylic acid groups (broad SMARTS) is 1. The second kappa shape index (κ2) is 8.23. The summed E-state index contributed by atoms with van der Waals surface area (Å²) in [5.74, 6) is -1.30. The number of hydrogen-bond donors (Lipinski definition) is 4. The van der Waals surface area contributed by atoms with Crippen LogP contribution in [0.5, 0.6) is 0 Å². The molecular weight excluding hydrogens is 276 g/mol. The highest BCUT2D eigenvalue weighted by molar-refractivity contribution is 5.93. The number of aliphatic hydroxyl groups excluding tert-OH is 1. The number of aliphatic carboxylic acids is 1. The van der Waals surface area contributed by atoms with E-state index in [0.29, 0.717) is 18.7 Å². The molecule has 0 aromatic heterocycles. The van der Waals surface area contributed by atoms with Crippen LogP contribution in [0.15, 0.2) is 24.3 Å². The Kier molecular flexibility index (Phi) is 6.64. The van der Waals surface area contributed by atoms with Crippen LogP contribution < -0.4 is 10.6 Å². The molecule has 0 aliphatic heterocycles. The number of para-hydroxylation sites is 1. The van der Waals surface area contributed by atoms with Gasteiger partial charge >= 0.3 is 12.0 Å². The van der Waals surface area contributed by atoms with E-state index in [-0.39, 0.29) is 0 Å². The molecule has 7 nitrogen and oxygen atoms in total. The van der Waals surface area contributed by atoms with Crippen molar-refractivity contribution in [3.05, 3.63) is 29.8 Å². The zero-order chi connectivity index (χ0) is 15.8. The minimum atomic E-state index is -1.36. The smallest absolute Gasteiger partial charge is 0.328 e. The van der Waals surface area contributed by atoms with Crippen molar-refractivity contribution in [3.63, 3.8) is 0 Å². The van der Waals surface area contributed by atoms with E-state index in [4.69, 9.17) is 9.84 Å². The number of benzene rings is 1. The van der Waals surface area contributed by atoms with Gasteiger partial charge in [-0.2, -0.15) is 0 Å². The Labute approximate surface area is 122 Å². The monoisotopic (exact) mass is 296 g/mol. The molecule has 4 N–H and O–H groups in total. The third kappa shape index (κ3) is 5.41. The molecule has 21 heavy (non-hydrogen) atoms. The van der Waals surface area contributed by atoms with Crippen LogP contribution in [-0.2, 0) is 16.0 Å². The number of nitrogens with one attached hydrogen (secondary N) is 2. The molecule has 0 saturated carbocycles. The van der Waals surface area contributed by atoms with Crippen molar-refractivity contribution in [3.8, 4) is 0 Å². The van der Waals surface area contributed by atoms with E-state index >= 15 is 0 Å². The Morgan fingerprint density at radius 1 is 1.33 bits per heavy atom. The highest BCUT2D eigenvalue weighted by Crippen LogP contribution is 2.15. The van der Waals surface area contributed by atoms with Gasteiger partial charge < -0.3 is 25.6 Å². The van der Waals surface area contributed by atoms with E-state index in [1.165, 1.54) is 6.92 Å². The fourth-order valence-corrected chi connectivity index (χ4v) is 1.76. The summed E-state index contributed by atoms with van der Waals surface area (Å²) < 4.78 is 4.99. The maximum Gasteiger partial charge on any atom is 0.328 e. The Balaban J connectivity index is 2.72. The molecule has 0 heterocycles. The minimum Gasteiger partial charge on any atom is -0.480 e. The van der Waals surface area contributed by atoms with Gasteiger partial charge in [0.25, 0.3) is 0 Å². The van der Waals surface area contributed by atoms with Gasteiger partial charge in [0.15, 0.2) is 6.04 Å². The fraction of sp³-hybridized carbons (Fsp3) is 0.429. The average molecular weight is 296 g/mol. The summed E-state index contributed by atoms with van der Waals surface area (Å²) in [6.07, 6.45) is -0.580. The van der Waals surface area contributed by atoms with Crippen LogP contribution in [0.1, 0.15) is 12.5 Å². The molecule has 0 aliphatic carbocycles. The molecule has 2 unspecified atom stereocenters. The summed E-state index contributed by atoms with van der Waals surface area (Å²) >= 11 is 0. The predicted molar refractivity (Wildman–Crippen MR) is 77.3 cm³/mol. The molecule has 116 valence electrons. The van der Waals surface area contributed by atoms with Crippen LogP contribution in [0.2, 0.25) is 0 Å². The molecule has 0 bridgehead atoms. The lowest BCUT2D eigenvalue weighted by Crippen LogP contribution is -2.49. The van der Waals surface area contributed by atoms with Gasteiger partial charge in [-0.25, -0.2) is 9.59 Å². The first kappa shape index (κ1) is 16.9. The number of ether oxygens (including phenoxy) is 1. The maximum absolute atomic E-state index is 11.8. The largest absolute Gasteiger partial charge is 0.480 e. The SMILES string of the molecule is COCCc1ccccc1NC(=O)NC(C(=O)O)C(C)O. The van der Waals surface area contributed by atoms with Crippen molar-refractivity contribution in [2.75, 3.05) is 19.0 Å². The molecule has 0 spiro atoms. The number of carboxylic acids is 1. The number of carbonyl (C=O) groups is 2. The number of methoxy groups -OCH3 is 1. The van der Waals surface area contributed by atoms with Crippen LogP contribution in [-0.4, -0.2) is 48.1 Å². The second-order valence-corrected chi connectivity index (χ2v) is 4.55. The zero-order valence-electron chi connectivity index (χ0n) is 12.0. The van der Waals surface area contributed by atoms with E-state index in [9.17, 15) is 14.7 Å². The van der Waals surface area contributed by atoms with E-state index in [2.05, 4.69) is 10.6 Å². The number of urea groups is 1. The Morgan fingerprint density at radius 3 is 2.57 bits per heavy atom. The molecule has 0 saturated heterocycles. The quantitative estimate of drug-likeness (QED) is 0.596. The second-order valence-electron chi connectivity index (χ2n) is 4.55. The van der Waals surface area contributed by atoms with Gasteiger partial charge in [-0.15, -0.1) is 0 Å². The molecular formula is C14H20N2O5. The molecule has 2 atom stereocenters. The van der Waals surface area contributed by atoms with E-state index in [1.807, 2.05) is 12.1 Å². The highest BCUT2D eigenvalue weighted by Gasteiger charge is 2.25. The maximum atomic E-state index is 11.8. The predicted octanol–water partition coefficient (Wildman–Crippen LogP) is 0.831. The minimum absolute atomic E-state index is 0.506. The lowest BCUT2D eigenvalue weighted by molar-refractivity contribution is -0.141. The Hall–Kier alpha value is -2.12. The molecule has 1 aromatic carbocycles. The highest BCUT2D eigenvalue weighted by atomic mass is 16.5. The van der Waals surface area contributed by atoms with Crippen molar-refractivity contribution in [2.45, 2.75) is 25.5 Å². The summed E-state index contributed by atoms with van der Waals surface area (Å²) in [7, 11) is 1.59.